The molecule has 0 spiro atoms. The Morgan fingerprint density at radius 1 is 1.28 bits per heavy atom. The zero-order chi connectivity index (χ0) is 13.0. The first kappa shape index (κ1) is 13.5. The van der Waals surface area contributed by atoms with E-state index in [1.54, 1.807) is 0 Å². The van der Waals surface area contributed by atoms with Crippen LogP contribution in [-0.4, -0.2) is 19.1 Å². The van der Waals surface area contributed by atoms with Crippen molar-refractivity contribution in [1.82, 2.24) is 5.32 Å². The highest BCUT2D eigenvalue weighted by Gasteiger charge is 2.10. The van der Waals surface area contributed by atoms with Crippen LogP contribution in [0.3, 0.4) is 0 Å². The molecule has 0 saturated carbocycles. The molecule has 1 aromatic heterocycles. The number of benzene rings is 1. The predicted octanol–water partition coefficient (Wildman–Crippen LogP) is 3.02. The van der Waals surface area contributed by atoms with E-state index in [-0.39, 0.29) is 0 Å². The van der Waals surface area contributed by atoms with E-state index in [9.17, 15) is 0 Å². The smallest absolute Gasteiger partial charge is 0.0345 e. The summed E-state index contributed by atoms with van der Waals surface area (Å²) in [6.45, 7) is 6.14. The molecule has 1 unspecified atom stereocenters. The fourth-order valence-corrected chi connectivity index (χ4v) is 3.21. The molecule has 0 aliphatic rings. The minimum atomic E-state index is 0.426. The summed E-state index contributed by atoms with van der Waals surface area (Å²) in [5, 5.41) is 7.23. The second-order valence-electron chi connectivity index (χ2n) is 5.05. The van der Waals surface area contributed by atoms with Gasteiger partial charge < -0.3 is 11.1 Å². The van der Waals surface area contributed by atoms with Gasteiger partial charge in [-0.2, -0.15) is 0 Å². The van der Waals surface area contributed by atoms with Crippen LogP contribution in [-0.2, 0) is 6.42 Å². The molecule has 3 heteroatoms. The van der Waals surface area contributed by atoms with Crippen LogP contribution in [0.15, 0.2) is 29.6 Å². The van der Waals surface area contributed by atoms with E-state index in [0.29, 0.717) is 18.5 Å². The summed E-state index contributed by atoms with van der Waals surface area (Å²) < 4.78 is 1.38. The summed E-state index contributed by atoms with van der Waals surface area (Å²) >= 11 is 1.83. The quantitative estimate of drug-likeness (QED) is 0.840. The maximum absolute atomic E-state index is 5.76. The summed E-state index contributed by atoms with van der Waals surface area (Å²) in [6.07, 6.45) is 1.08. The third-order valence-corrected chi connectivity index (χ3v) is 4.43. The number of fused-ring (bicyclic) bond motifs is 1. The molecule has 0 radical (unpaired) electrons. The van der Waals surface area contributed by atoms with E-state index in [1.165, 1.54) is 15.6 Å². The lowest BCUT2D eigenvalue weighted by Gasteiger charge is -2.20. The van der Waals surface area contributed by atoms with Crippen molar-refractivity contribution in [2.24, 2.45) is 11.7 Å². The molecule has 2 rings (SSSR count). The van der Waals surface area contributed by atoms with Crippen LogP contribution < -0.4 is 11.1 Å². The Kier molecular flexibility index (Phi) is 4.75. The topological polar surface area (TPSA) is 38.0 Å². The molecule has 98 valence electrons. The molecule has 1 heterocycles. The minimum Gasteiger partial charge on any atom is -0.329 e. The second kappa shape index (κ2) is 6.32. The van der Waals surface area contributed by atoms with Gasteiger partial charge in [0.15, 0.2) is 0 Å². The van der Waals surface area contributed by atoms with Gasteiger partial charge in [0.25, 0.3) is 0 Å². The summed E-state index contributed by atoms with van der Waals surface area (Å²) in [4.78, 5) is 0. The Balaban J connectivity index is 1.94. The average Bonchev–Trinajstić information content (AvgIpc) is 2.78. The van der Waals surface area contributed by atoms with Crippen molar-refractivity contribution in [1.29, 1.82) is 0 Å². The van der Waals surface area contributed by atoms with Crippen LogP contribution >= 0.6 is 11.3 Å². The molecule has 0 bridgehead atoms. The van der Waals surface area contributed by atoms with Gasteiger partial charge in [0.1, 0.15) is 0 Å². The molecule has 2 aromatic rings. The largest absolute Gasteiger partial charge is 0.329 e. The predicted molar refractivity (Wildman–Crippen MR) is 81.2 cm³/mol. The molecule has 1 aromatic carbocycles. The van der Waals surface area contributed by atoms with E-state index in [2.05, 4.69) is 48.8 Å². The molecule has 3 N–H and O–H groups in total. The number of hydrogen-bond donors (Lipinski definition) is 2. The van der Waals surface area contributed by atoms with E-state index in [0.717, 1.165) is 13.0 Å². The fraction of sp³-hybridized carbons (Fsp3) is 0.467. The zero-order valence-corrected chi connectivity index (χ0v) is 12.0. The molecular formula is C15H22N2S. The molecule has 1 atom stereocenters. The summed E-state index contributed by atoms with van der Waals surface area (Å²) in [5.41, 5.74) is 7.21. The van der Waals surface area contributed by atoms with Gasteiger partial charge in [0, 0.05) is 17.3 Å². The first-order valence-corrected chi connectivity index (χ1v) is 7.49. The van der Waals surface area contributed by atoms with Crippen molar-refractivity contribution in [2.75, 3.05) is 13.1 Å². The van der Waals surface area contributed by atoms with Crippen LogP contribution in [0, 0.1) is 5.92 Å². The first-order valence-electron chi connectivity index (χ1n) is 6.61. The SMILES string of the molecule is CC(C)C(CN)NCCc1csc2ccccc12. The van der Waals surface area contributed by atoms with Crippen molar-refractivity contribution < 1.29 is 0 Å². The Labute approximate surface area is 113 Å². The van der Waals surface area contributed by atoms with E-state index < -0.39 is 0 Å². The van der Waals surface area contributed by atoms with Gasteiger partial charge in [0.05, 0.1) is 0 Å². The Morgan fingerprint density at radius 3 is 2.78 bits per heavy atom. The highest BCUT2D eigenvalue weighted by molar-refractivity contribution is 7.17. The summed E-state index contributed by atoms with van der Waals surface area (Å²) in [6, 6.07) is 9.04. The number of rotatable bonds is 6. The first-order chi connectivity index (χ1) is 8.72. The molecule has 0 amide bonds. The maximum atomic E-state index is 5.76. The van der Waals surface area contributed by atoms with Gasteiger partial charge in [-0.15, -0.1) is 11.3 Å². The highest BCUT2D eigenvalue weighted by Crippen LogP contribution is 2.25. The number of nitrogens with one attached hydrogen (secondary N) is 1. The molecule has 0 saturated heterocycles. The third kappa shape index (κ3) is 3.10. The zero-order valence-electron chi connectivity index (χ0n) is 11.1. The van der Waals surface area contributed by atoms with Crippen LogP contribution in [0.1, 0.15) is 19.4 Å². The van der Waals surface area contributed by atoms with Crippen LogP contribution in [0.5, 0.6) is 0 Å². The van der Waals surface area contributed by atoms with Gasteiger partial charge in [-0.25, -0.2) is 0 Å². The Hall–Kier alpha value is -0.900. The van der Waals surface area contributed by atoms with E-state index in [1.807, 2.05) is 11.3 Å². The Bertz CT molecular complexity index is 490. The van der Waals surface area contributed by atoms with Crippen molar-refractivity contribution in [2.45, 2.75) is 26.3 Å². The summed E-state index contributed by atoms with van der Waals surface area (Å²) in [5.74, 6) is 0.592. The second-order valence-corrected chi connectivity index (χ2v) is 5.96. The van der Waals surface area contributed by atoms with Crippen molar-refractivity contribution in [3.8, 4) is 0 Å². The molecule has 0 aliphatic carbocycles. The number of hydrogen-bond acceptors (Lipinski definition) is 3. The lowest BCUT2D eigenvalue weighted by Crippen LogP contribution is -2.41. The van der Waals surface area contributed by atoms with Gasteiger partial charge in [-0.1, -0.05) is 32.0 Å². The average molecular weight is 262 g/mol. The maximum Gasteiger partial charge on any atom is 0.0345 e. The van der Waals surface area contributed by atoms with Gasteiger partial charge in [-0.05, 0) is 41.3 Å². The van der Waals surface area contributed by atoms with Crippen molar-refractivity contribution in [3.05, 3.63) is 35.2 Å². The monoisotopic (exact) mass is 262 g/mol. The lowest BCUT2D eigenvalue weighted by atomic mass is 10.0. The van der Waals surface area contributed by atoms with Crippen LogP contribution in [0.25, 0.3) is 10.1 Å². The molecular weight excluding hydrogens is 240 g/mol. The summed E-state index contributed by atoms with van der Waals surface area (Å²) in [7, 11) is 0. The van der Waals surface area contributed by atoms with Gasteiger partial charge in [0.2, 0.25) is 0 Å². The lowest BCUT2D eigenvalue weighted by molar-refractivity contribution is 0.409. The molecule has 2 nitrogen and oxygen atoms in total. The molecule has 0 aliphatic heterocycles. The number of thiophene rings is 1. The van der Waals surface area contributed by atoms with Gasteiger partial charge in [-0.3, -0.25) is 0 Å². The Morgan fingerprint density at radius 2 is 2.06 bits per heavy atom. The molecule has 18 heavy (non-hydrogen) atoms. The highest BCUT2D eigenvalue weighted by atomic mass is 32.1. The third-order valence-electron chi connectivity index (χ3n) is 3.42. The van der Waals surface area contributed by atoms with E-state index in [4.69, 9.17) is 5.73 Å². The van der Waals surface area contributed by atoms with Crippen LogP contribution in [0.4, 0.5) is 0 Å². The minimum absolute atomic E-state index is 0.426. The normalized spacial score (nSPS) is 13.3. The van der Waals surface area contributed by atoms with Crippen LogP contribution in [0.2, 0.25) is 0 Å². The van der Waals surface area contributed by atoms with E-state index >= 15 is 0 Å². The van der Waals surface area contributed by atoms with Crippen molar-refractivity contribution in [3.63, 3.8) is 0 Å². The molecule has 0 fully saturated rings. The van der Waals surface area contributed by atoms with Crippen molar-refractivity contribution >= 4 is 21.4 Å². The fourth-order valence-electron chi connectivity index (χ4n) is 2.21. The number of nitrogens with two attached hydrogens (primary N) is 1. The standard InChI is InChI=1S/C15H22N2S/c1-11(2)14(9-16)17-8-7-12-10-18-15-6-4-3-5-13(12)15/h3-6,10-11,14,17H,7-9,16H2,1-2H3. The van der Waals surface area contributed by atoms with Gasteiger partial charge >= 0.3 is 0 Å².